The van der Waals surface area contributed by atoms with Crippen molar-refractivity contribution < 1.29 is 32.6 Å². The normalized spacial score (nSPS) is 27.0. The molecule has 1 aromatic rings. The minimum Gasteiger partial charge on any atom is -0.466 e. The Hall–Kier alpha value is -1.81. The number of carbonyl (C=O) groups is 2. The van der Waals surface area contributed by atoms with Crippen LogP contribution in [0.1, 0.15) is 18.5 Å². The summed E-state index contributed by atoms with van der Waals surface area (Å²) in [4.78, 5) is 24.4. The van der Waals surface area contributed by atoms with Crippen LogP contribution in [-0.2, 0) is 9.53 Å². The second-order valence-electron chi connectivity index (χ2n) is 5.49. The molecule has 0 saturated carbocycles. The number of nitrogens with one attached hydrogen (secondary N) is 1. The van der Waals surface area contributed by atoms with Crippen molar-refractivity contribution in [2.75, 3.05) is 13.7 Å². The van der Waals surface area contributed by atoms with Crippen LogP contribution < -0.4 is 5.32 Å². The van der Waals surface area contributed by atoms with Gasteiger partial charge in [-0.2, -0.15) is 13.2 Å². The highest BCUT2D eigenvalue weighted by molar-refractivity contribution is 9.10. The zero-order valence-corrected chi connectivity index (χ0v) is 14.9. The Morgan fingerprint density at radius 1 is 1.40 bits per heavy atom. The maximum absolute atomic E-state index is 13.7. The van der Waals surface area contributed by atoms with Crippen LogP contribution in [0.15, 0.2) is 28.7 Å². The van der Waals surface area contributed by atoms with Gasteiger partial charge in [0.05, 0.1) is 12.6 Å². The van der Waals surface area contributed by atoms with E-state index >= 15 is 0 Å². The number of rotatable bonds is 3. The summed E-state index contributed by atoms with van der Waals surface area (Å²) in [5, 5.41) is 12.7. The summed E-state index contributed by atoms with van der Waals surface area (Å²) in [6, 6.07) is 3.42. The van der Waals surface area contributed by atoms with Crippen molar-refractivity contribution in [3.63, 3.8) is 0 Å². The minimum absolute atomic E-state index is 0.0734. The molecule has 0 unspecified atom stereocenters. The molecule has 2 N–H and O–H groups in total. The fourth-order valence-electron chi connectivity index (χ4n) is 2.75. The quantitative estimate of drug-likeness (QED) is 0.730. The van der Waals surface area contributed by atoms with E-state index in [2.05, 4.69) is 21.2 Å². The first-order valence-electron chi connectivity index (χ1n) is 7.29. The molecule has 1 fully saturated rings. The predicted octanol–water partition coefficient (Wildman–Crippen LogP) is 2.58. The van der Waals surface area contributed by atoms with Crippen LogP contribution in [0.2, 0.25) is 0 Å². The third-order valence-corrected chi connectivity index (χ3v) is 4.58. The van der Waals surface area contributed by atoms with E-state index < -0.39 is 35.9 Å². The lowest BCUT2D eigenvalue weighted by Crippen LogP contribution is -2.73. The minimum atomic E-state index is -5.27. The Morgan fingerprint density at radius 2 is 1.96 bits per heavy atom. The molecule has 2 rings (SSSR count). The topological polar surface area (TPSA) is 78.9 Å². The van der Waals surface area contributed by atoms with E-state index in [0.717, 1.165) is 7.05 Å². The molecule has 2 amide bonds. The van der Waals surface area contributed by atoms with Crippen molar-refractivity contribution in [1.82, 2.24) is 10.2 Å². The molecule has 6 nitrogen and oxygen atoms in total. The Kier molecular flexibility index (Phi) is 5.33. The van der Waals surface area contributed by atoms with Gasteiger partial charge in [-0.25, -0.2) is 4.79 Å². The number of benzene rings is 1. The SMILES string of the molecule is CCOC(=O)[C@@H]1[C@H](c2ccc(Br)cc2)NC(=O)N(C)[C@@]1(O)C(F)(F)F. The number of esters is 1. The Balaban J connectivity index is 2.62. The molecule has 3 atom stereocenters. The standard InChI is InChI=1S/C15H16BrF3N2O4/c1-3-25-12(22)10-11(8-4-6-9(16)7-5-8)20-13(23)21(2)14(10,24)15(17,18)19/h4-7,10-11,24H,3H2,1-2H3,(H,20,23)/t10-,11-,14-/m0/s1. The van der Waals surface area contributed by atoms with Crippen LogP contribution in [0.5, 0.6) is 0 Å². The van der Waals surface area contributed by atoms with Gasteiger partial charge >= 0.3 is 18.2 Å². The van der Waals surface area contributed by atoms with Gasteiger partial charge in [0.2, 0.25) is 0 Å². The summed E-state index contributed by atoms with van der Waals surface area (Å²) in [5.41, 5.74) is -3.48. The molecular weight excluding hydrogens is 409 g/mol. The van der Waals surface area contributed by atoms with Gasteiger partial charge in [0.25, 0.3) is 5.72 Å². The molecule has 0 aromatic heterocycles. The van der Waals surface area contributed by atoms with E-state index in [0.29, 0.717) is 4.47 Å². The van der Waals surface area contributed by atoms with Crippen LogP contribution in [0.25, 0.3) is 0 Å². The fourth-order valence-corrected chi connectivity index (χ4v) is 3.02. The van der Waals surface area contributed by atoms with E-state index in [1.54, 1.807) is 12.1 Å². The fraction of sp³-hybridized carbons (Fsp3) is 0.467. The van der Waals surface area contributed by atoms with Crippen molar-refractivity contribution in [3.05, 3.63) is 34.3 Å². The third kappa shape index (κ3) is 3.32. The average molecular weight is 425 g/mol. The number of urea groups is 1. The average Bonchev–Trinajstić information content (AvgIpc) is 2.52. The highest BCUT2D eigenvalue weighted by Gasteiger charge is 2.69. The van der Waals surface area contributed by atoms with Crippen molar-refractivity contribution in [1.29, 1.82) is 0 Å². The zero-order valence-electron chi connectivity index (χ0n) is 13.3. The number of nitrogens with zero attached hydrogens (tertiary/aromatic N) is 1. The molecule has 138 valence electrons. The number of hydrogen-bond acceptors (Lipinski definition) is 4. The molecule has 10 heteroatoms. The lowest BCUT2D eigenvalue weighted by atomic mass is 9.81. The molecule has 1 heterocycles. The largest absolute Gasteiger partial charge is 0.466 e. The van der Waals surface area contributed by atoms with Gasteiger partial charge in [-0.3, -0.25) is 9.69 Å². The third-order valence-electron chi connectivity index (χ3n) is 4.05. The predicted molar refractivity (Wildman–Crippen MR) is 84.3 cm³/mol. The number of carbonyl (C=O) groups excluding carboxylic acids is 2. The Morgan fingerprint density at radius 3 is 2.44 bits per heavy atom. The number of amides is 2. The molecule has 1 aliphatic heterocycles. The van der Waals surface area contributed by atoms with Crippen molar-refractivity contribution in [2.24, 2.45) is 5.92 Å². The highest BCUT2D eigenvalue weighted by Crippen LogP contribution is 2.46. The first-order chi connectivity index (χ1) is 11.5. The summed E-state index contributed by atoms with van der Waals surface area (Å²) in [6.07, 6.45) is -5.27. The maximum atomic E-state index is 13.7. The van der Waals surface area contributed by atoms with Gasteiger partial charge in [0.1, 0.15) is 5.92 Å². The van der Waals surface area contributed by atoms with Crippen molar-refractivity contribution >= 4 is 27.9 Å². The van der Waals surface area contributed by atoms with Crippen LogP contribution in [-0.4, -0.2) is 47.6 Å². The monoisotopic (exact) mass is 424 g/mol. The Labute approximate surface area is 150 Å². The van der Waals surface area contributed by atoms with Crippen molar-refractivity contribution in [3.8, 4) is 0 Å². The highest BCUT2D eigenvalue weighted by atomic mass is 79.9. The molecule has 1 aliphatic rings. The van der Waals surface area contributed by atoms with E-state index in [9.17, 15) is 27.9 Å². The second-order valence-corrected chi connectivity index (χ2v) is 6.41. The van der Waals surface area contributed by atoms with Gasteiger partial charge in [-0.15, -0.1) is 0 Å². The summed E-state index contributed by atoms with van der Waals surface area (Å²) in [6.45, 7) is 1.26. The van der Waals surface area contributed by atoms with E-state index in [-0.39, 0.29) is 17.1 Å². The van der Waals surface area contributed by atoms with Gasteiger partial charge in [0, 0.05) is 11.5 Å². The van der Waals surface area contributed by atoms with Gasteiger partial charge in [0.15, 0.2) is 0 Å². The number of aliphatic hydroxyl groups is 1. The number of hydrogen-bond donors (Lipinski definition) is 2. The molecule has 0 spiro atoms. The maximum Gasteiger partial charge on any atom is 0.437 e. The molecular formula is C15H16BrF3N2O4. The van der Waals surface area contributed by atoms with Gasteiger partial charge in [-0.05, 0) is 24.6 Å². The van der Waals surface area contributed by atoms with Crippen LogP contribution in [0, 0.1) is 5.92 Å². The number of ether oxygens (including phenoxy) is 1. The van der Waals surface area contributed by atoms with Crippen molar-refractivity contribution in [2.45, 2.75) is 24.9 Å². The van der Waals surface area contributed by atoms with E-state index in [1.807, 2.05) is 0 Å². The Bertz CT molecular complexity index is 668. The molecule has 0 aliphatic carbocycles. The summed E-state index contributed by atoms with van der Waals surface area (Å²) in [5.74, 6) is -3.36. The van der Waals surface area contributed by atoms with E-state index in [1.165, 1.54) is 19.1 Å². The first-order valence-corrected chi connectivity index (χ1v) is 8.08. The molecule has 1 aromatic carbocycles. The van der Waals surface area contributed by atoms with Crippen LogP contribution in [0.4, 0.5) is 18.0 Å². The first kappa shape index (κ1) is 19.5. The van der Waals surface area contributed by atoms with Gasteiger partial charge < -0.3 is 15.2 Å². The summed E-state index contributed by atoms with van der Waals surface area (Å²) in [7, 11) is 0.771. The van der Waals surface area contributed by atoms with Crippen LogP contribution >= 0.6 is 15.9 Å². The zero-order chi connectivity index (χ0) is 19.0. The summed E-state index contributed by atoms with van der Waals surface area (Å²) < 4.78 is 46.4. The molecule has 1 saturated heterocycles. The number of alkyl halides is 3. The van der Waals surface area contributed by atoms with Gasteiger partial charge in [-0.1, -0.05) is 28.1 Å². The summed E-state index contributed by atoms with van der Waals surface area (Å²) >= 11 is 3.20. The lowest BCUT2D eigenvalue weighted by Gasteiger charge is -2.49. The van der Waals surface area contributed by atoms with E-state index in [4.69, 9.17) is 4.74 Å². The smallest absolute Gasteiger partial charge is 0.437 e. The second kappa shape index (κ2) is 6.83. The molecule has 0 radical (unpaired) electrons. The molecule has 0 bridgehead atoms. The molecule has 25 heavy (non-hydrogen) atoms. The number of halogens is 4. The van der Waals surface area contributed by atoms with Crippen LogP contribution in [0.3, 0.4) is 0 Å². The lowest BCUT2D eigenvalue weighted by molar-refractivity contribution is -0.328.